The van der Waals surface area contributed by atoms with Crippen LogP contribution in [-0.2, 0) is 17.9 Å². The summed E-state index contributed by atoms with van der Waals surface area (Å²) in [5.41, 5.74) is 4.04. The molecule has 1 saturated heterocycles. The van der Waals surface area contributed by atoms with Crippen molar-refractivity contribution >= 4 is 39.4 Å². The van der Waals surface area contributed by atoms with Crippen LogP contribution >= 0.6 is 0 Å². The second-order valence-electron chi connectivity index (χ2n) is 10.3. The molecule has 4 aromatic rings. The van der Waals surface area contributed by atoms with Gasteiger partial charge in [-0.05, 0) is 83.0 Å². The summed E-state index contributed by atoms with van der Waals surface area (Å²) in [4.78, 5) is 35.5. The molecule has 194 valence electrons. The van der Waals surface area contributed by atoms with Crippen molar-refractivity contribution in [3.63, 3.8) is 0 Å². The first-order valence-corrected chi connectivity index (χ1v) is 13.1. The molecule has 3 N–H and O–H groups in total. The normalized spacial score (nSPS) is 16.2. The Morgan fingerprint density at radius 1 is 1.19 bits per heavy atom. The zero-order valence-corrected chi connectivity index (χ0v) is 21.8. The SMILES string of the molecule is CC(C)NC(=O)CCCn1ncc2cc(C(=O)Nc3ccc4nc(CN5CCC[C@@H]5C)[nH]c4c3)ccc21. The third kappa shape index (κ3) is 5.83. The number of carbonyl (C=O) groups excluding carboxylic acids is 2. The minimum atomic E-state index is -0.176. The number of hydrogen-bond acceptors (Lipinski definition) is 5. The monoisotopic (exact) mass is 501 g/mol. The molecule has 1 atom stereocenters. The molecular formula is C28H35N7O2. The van der Waals surface area contributed by atoms with E-state index in [9.17, 15) is 9.59 Å². The van der Waals surface area contributed by atoms with E-state index in [0.717, 1.165) is 46.5 Å². The van der Waals surface area contributed by atoms with Gasteiger partial charge in [-0.25, -0.2) is 4.98 Å². The highest BCUT2D eigenvalue weighted by molar-refractivity contribution is 6.06. The third-order valence-electron chi connectivity index (χ3n) is 6.96. The Morgan fingerprint density at radius 3 is 2.84 bits per heavy atom. The number of imidazole rings is 1. The Morgan fingerprint density at radius 2 is 2.05 bits per heavy atom. The Kier molecular flexibility index (Phi) is 7.23. The number of amides is 2. The average molecular weight is 502 g/mol. The van der Waals surface area contributed by atoms with Crippen LogP contribution in [0.1, 0.15) is 62.6 Å². The number of aryl methyl sites for hydroxylation is 1. The number of rotatable bonds is 9. The van der Waals surface area contributed by atoms with E-state index in [2.05, 4.69) is 32.5 Å². The van der Waals surface area contributed by atoms with Gasteiger partial charge in [-0.3, -0.25) is 19.2 Å². The maximum absolute atomic E-state index is 13.0. The predicted octanol–water partition coefficient (Wildman–Crippen LogP) is 4.45. The van der Waals surface area contributed by atoms with E-state index in [1.54, 1.807) is 6.20 Å². The lowest BCUT2D eigenvalue weighted by atomic mass is 10.1. The summed E-state index contributed by atoms with van der Waals surface area (Å²) in [5, 5.41) is 11.3. The molecule has 1 fully saturated rings. The van der Waals surface area contributed by atoms with Gasteiger partial charge < -0.3 is 15.6 Å². The van der Waals surface area contributed by atoms with Gasteiger partial charge in [0.05, 0.1) is 29.3 Å². The third-order valence-corrected chi connectivity index (χ3v) is 6.96. The Labute approximate surface area is 216 Å². The zero-order chi connectivity index (χ0) is 25.9. The maximum atomic E-state index is 13.0. The van der Waals surface area contributed by atoms with Gasteiger partial charge in [-0.2, -0.15) is 5.10 Å². The van der Waals surface area contributed by atoms with Gasteiger partial charge in [0.25, 0.3) is 5.91 Å². The quantitative estimate of drug-likeness (QED) is 0.314. The largest absolute Gasteiger partial charge is 0.354 e. The van der Waals surface area contributed by atoms with Gasteiger partial charge in [-0.1, -0.05) is 0 Å². The number of hydrogen-bond donors (Lipinski definition) is 3. The van der Waals surface area contributed by atoms with Crippen molar-refractivity contribution < 1.29 is 9.59 Å². The smallest absolute Gasteiger partial charge is 0.255 e. The lowest BCUT2D eigenvalue weighted by Crippen LogP contribution is -2.30. The second-order valence-corrected chi connectivity index (χ2v) is 10.3. The van der Waals surface area contributed by atoms with Crippen LogP contribution in [0.15, 0.2) is 42.6 Å². The molecule has 0 aliphatic carbocycles. The molecule has 1 aliphatic rings. The fourth-order valence-corrected chi connectivity index (χ4v) is 5.03. The Balaban J connectivity index is 1.22. The maximum Gasteiger partial charge on any atom is 0.255 e. The van der Waals surface area contributed by atoms with E-state index in [1.165, 1.54) is 12.8 Å². The zero-order valence-electron chi connectivity index (χ0n) is 21.8. The highest BCUT2D eigenvalue weighted by Crippen LogP contribution is 2.23. The molecule has 0 bridgehead atoms. The number of aromatic nitrogens is 4. The van der Waals surface area contributed by atoms with Crippen LogP contribution in [0.3, 0.4) is 0 Å². The van der Waals surface area contributed by atoms with Crippen LogP contribution in [0, 0.1) is 0 Å². The molecule has 9 heteroatoms. The van der Waals surface area contributed by atoms with Gasteiger partial charge >= 0.3 is 0 Å². The van der Waals surface area contributed by atoms with E-state index in [-0.39, 0.29) is 17.9 Å². The predicted molar refractivity (Wildman–Crippen MR) is 145 cm³/mol. The summed E-state index contributed by atoms with van der Waals surface area (Å²) in [6.45, 7) is 8.74. The average Bonchev–Trinajstić information content (AvgIpc) is 3.57. The summed E-state index contributed by atoms with van der Waals surface area (Å²) in [5.74, 6) is 0.830. The summed E-state index contributed by atoms with van der Waals surface area (Å²) in [6.07, 6.45) is 5.40. The van der Waals surface area contributed by atoms with Crippen molar-refractivity contribution in [1.82, 2.24) is 30.0 Å². The molecule has 0 saturated carbocycles. The van der Waals surface area contributed by atoms with Crippen LogP contribution in [0.4, 0.5) is 5.69 Å². The number of H-pyrrole nitrogens is 1. The van der Waals surface area contributed by atoms with Gasteiger partial charge in [0.15, 0.2) is 0 Å². The van der Waals surface area contributed by atoms with Crippen molar-refractivity contribution in [2.45, 2.75) is 71.6 Å². The van der Waals surface area contributed by atoms with Crippen LogP contribution in [0.2, 0.25) is 0 Å². The van der Waals surface area contributed by atoms with E-state index < -0.39 is 0 Å². The van der Waals surface area contributed by atoms with Crippen LogP contribution < -0.4 is 10.6 Å². The Bertz CT molecular complexity index is 1420. The molecule has 3 heterocycles. The van der Waals surface area contributed by atoms with Crippen molar-refractivity contribution in [2.75, 3.05) is 11.9 Å². The number of benzene rings is 2. The number of anilines is 1. The number of nitrogens with one attached hydrogen (secondary N) is 3. The van der Waals surface area contributed by atoms with E-state index in [1.807, 2.05) is 54.9 Å². The van der Waals surface area contributed by atoms with Crippen LogP contribution in [0.5, 0.6) is 0 Å². The standard InChI is InChI=1S/C28H35N7O2/c1-18(2)30-27(36)7-5-13-35-25-11-8-20(14-21(25)16-29-35)28(37)31-22-9-10-23-24(15-22)33-26(32-23)17-34-12-4-6-19(34)3/h8-11,14-16,18-19H,4-7,12-13,17H2,1-3H3,(H,30,36)(H,31,37)(H,32,33)/t19-/m0/s1. The molecule has 1 aliphatic heterocycles. The number of nitrogens with zero attached hydrogens (tertiary/aromatic N) is 4. The van der Waals surface area contributed by atoms with Crippen LogP contribution in [0.25, 0.3) is 21.9 Å². The number of likely N-dealkylation sites (tertiary alicyclic amines) is 1. The second kappa shape index (κ2) is 10.7. The summed E-state index contributed by atoms with van der Waals surface area (Å²) >= 11 is 0. The first kappa shape index (κ1) is 25.0. The molecular weight excluding hydrogens is 466 g/mol. The van der Waals surface area contributed by atoms with E-state index in [4.69, 9.17) is 4.98 Å². The summed E-state index contributed by atoms with van der Waals surface area (Å²) < 4.78 is 1.88. The minimum Gasteiger partial charge on any atom is -0.354 e. The van der Waals surface area contributed by atoms with Crippen molar-refractivity contribution in [2.24, 2.45) is 0 Å². The van der Waals surface area contributed by atoms with Gasteiger partial charge in [0, 0.05) is 41.7 Å². The first-order valence-electron chi connectivity index (χ1n) is 13.1. The first-order chi connectivity index (χ1) is 17.9. The molecule has 5 rings (SSSR count). The molecule has 0 radical (unpaired) electrons. The highest BCUT2D eigenvalue weighted by Gasteiger charge is 2.21. The number of aromatic amines is 1. The topological polar surface area (TPSA) is 108 Å². The van der Waals surface area contributed by atoms with Gasteiger partial charge in [-0.15, -0.1) is 0 Å². The summed E-state index contributed by atoms with van der Waals surface area (Å²) in [6, 6.07) is 12.1. The lowest BCUT2D eigenvalue weighted by Gasteiger charge is -2.19. The van der Waals surface area contributed by atoms with E-state index >= 15 is 0 Å². The molecule has 2 aromatic carbocycles. The minimum absolute atomic E-state index is 0.0520. The Hall–Kier alpha value is -3.72. The molecule has 2 aromatic heterocycles. The van der Waals surface area contributed by atoms with Gasteiger partial charge in [0.2, 0.25) is 5.91 Å². The summed E-state index contributed by atoms with van der Waals surface area (Å²) in [7, 11) is 0. The lowest BCUT2D eigenvalue weighted by molar-refractivity contribution is -0.121. The van der Waals surface area contributed by atoms with Crippen molar-refractivity contribution in [3.05, 3.63) is 54.0 Å². The molecule has 0 unspecified atom stereocenters. The molecule has 37 heavy (non-hydrogen) atoms. The molecule has 0 spiro atoms. The fourth-order valence-electron chi connectivity index (χ4n) is 5.03. The molecule has 2 amide bonds. The number of fused-ring (bicyclic) bond motifs is 2. The van der Waals surface area contributed by atoms with Crippen molar-refractivity contribution in [1.29, 1.82) is 0 Å². The fraction of sp³-hybridized carbons (Fsp3) is 0.429. The molecule has 9 nitrogen and oxygen atoms in total. The van der Waals surface area contributed by atoms with Gasteiger partial charge in [0.1, 0.15) is 5.82 Å². The van der Waals surface area contributed by atoms with Crippen molar-refractivity contribution in [3.8, 4) is 0 Å². The number of carbonyl (C=O) groups is 2. The highest BCUT2D eigenvalue weighted by atomic mass is 16.2. The van der Waals surface area contributed by atoms with Crippen LogP contribution in [-0.4, -0.2) is 55.1 Å². The van der Waals surface area contributed by atoms with E-state index in [0.29, 0.717) is 31.0 Å².